The van der Waals surface area contributed by atoms with Gasteiger partial charge in [0.2, 0.25) is 5.13 Å². The van der Waals surface area contributed by atoms with Gasteiger partial charge in [-0.25, -0.2) is 9.37 Å². The fourth-order valence-corrected chi connectivity index (χ4v) is 3.35. The van der Waals surface area contributed by atoms with Gasteiger partial charge >= 0.3 is 0 Å². The zero-order valence-electron chi connectivity index (χ0n) is 13.0. The molecule has 1 aromatic heterocycles. The number of hydrazone groups is 1. The zero-order valence-corrected chi connectivity index (χ0v) is 15.3. The van der Waals surface area contributed by atoms with E-state index >= 15 is 0 Å². The Balaban J connectivity index is 1.71. The van der Waals surface area contributed by atoms with E-state index in [-0.39, 0.29) is 5.02 Å². The molecule has 0 radical (unpaired) electrons. The van der Waals surface area contributed by atoms with Gasteiger partial charge in [0.15, 0.2) is 0 Å². The molecular formula is C17H12Cl2FN3OS. The molecule has 0 saturated heterocycles. The molecule has 0 saturated carbocycles. The Hall–Kier alpha value is -2.15. The Bertz CT molecular complexity index is 913. The first-order valence-corrected chi connectivity index (χ1v) is 8.68. The van der Waals surface area contributed by atoms with Crippen molar-refractivity contribution >= 4 is 45.9 Å². The minimum absolute atomic E-state index is 0.0132. The molecule has 0 aliphatic carbocycles. The van der Waals surface area contributed by atoms with Crippen molar-refractivity contribution in [3.63, 3.8) is 0 Å². The topological polar surface area (TPSA) is 46.5 Å². The molecule has 128 valence electrons. The van der Waals surface area contributed by atoms with Crippen LogP contribution in [0.15, 0.2) is 47.7 Å². The van der Waals surface area contributed by atoms with Crippen LogP contribution in [0.25, 0.3) is 10.4 Å². The monoisotopic (exact) mass is 395 g/mol. The van der Waals surface area contributed by atoms with Crippen LogP contribution in [-0.2, 0) is 0 Å². The van der Waals surface area contributed by atoms with Crippen LogP contribution < -0.4 is 10.2 Å². The second-order valence-electron chi connectivity index (χ2n) is 4.92. The fourth-order valence-electron chi connectivity index (χ4n) is 2.01. The lowest BCUT2D eigenvalue weighted by molar-refractivity contribution is 0.415. The number of anilines is 1. The number of methoxy groups -OCH3 is 1. The number of hydrogen-bond donors (Lipinski definition) is 1. The standard InChI is InChI=1S/C17H12Cl2FN3OS/c1-24-11-4-2-10(3-5-11)8-22-23-17-21-9-16(25-17)12-6-15(20)14(19)7-13(12)18/h2-9H,1H3,(H,21,23)/b22-8+. The molecule has 3 rings (SSSR count). The van der Waals surface area contributed by atoms with E-state index in [0.717, 1.165) is 11.3 Å². The molecule has 4 nitrogen and oxygen atoms in total. The molecule has 0 fully saturated rings. The number of thiazole rings is 1. The minimum Gasteiger partial charge on any atom is -0.497 e. The molecule has 2 aromatic carbocycles. The van der Waals surface area contributed by atoms with Gasteiger partial charge in [0.1, 0.15) is 11.6 Å². The third kappa shape index (κ3) is 4.28. The summed E-state index contributed by atoms with van der Waals surface area (Å²) >= 11 is 13.1. The number of rotatable bonds is 5. The van der Waals surface area contributed by atoms with Crippen LogP contribution in [0.1, 0.15) is 5.56 Å². The Morgan fingerprint density at radius 3 is 2.68 bits per heavy atom. The smallest absolute Gasteiger partial charge is 0.203 e. The quantitative estimate of drug-likeness (QED) is 0.341. The summed E-state index contributed by atoms with van der Waals surface area (Å²) < 4.78 is 18.7. The van der Waals surface area contributed by atoms with E-state index < -0.39 is 5.82 Å². The van der Waals surface area contributed by atoms with Gasteiger partial charge in [0.05, 0.1) is 28.2 Å². The predicted molar refractivity (Wildman–Crippen MR) is 102 cm³/mol. The van der Waals surface area contributed by atoms with Gasteiger partial charge in [0.25, 0.3) is 0 Å². The lowest BCUT2D eigenvalue weighted by Gasteiger charge is -2.02. The van der Waals surface area contributed by atoms with Crippen LogP contribution in [0.4, 0.5) is 9.52 Å². The highest BCUT2D eigenvalue weighted by Crippen LogP contribution is 2.36. The highest BCUT2D eigenvalue weighted by Gasteiger charge is 2.12. The Labute approximate surface area is 157 Å². The Morgan fingerprint density at radius 2 is 1.96 bits per heavy atom. The van der Waals surface area contributed by atoms with Gasteiger partial charge in [-0.3, -0.25) is 5.43 Å². The van der Waals surface area contributed by atoms with E-state index in [2.05, 4.69) is 15.5 Å². The largest absolute Gasteiger partial charge is 0.497 e. The minimum atomic E-state index is -0.526. The second kappa shape index (κ2) is 7.82. The van der Waals surface area contributed by atoms with Gasteiger partial charge in [-0.15, -0.1) is 0 Å². The van der Waals surface area contributed by atoms with Crippen molar-refractivity contribution in [2.45, 2.75) is 0 Å². The second-order valence-corrected chi connectivity index (χ2v) is 6.76. The Kier molecular flexibility index (Phi) is 5.53. The molecule has 3 aromatic rings. The van der Waals surface area contributed by atoms with E-state index in [4.69, 9.17) is 27.9 Å². The number of aromatic nitrogens is 1. The molecule has 0 unspecified atom stereocenters. The van der Waals surface area contributed by atoms with Crippen LogP contribution in [-0.4, -0.2) is 18.3 Å². The van der Waals surface area contributed by atoms with E-state index in [1.165, 1.54) is 23.5 Å². The van der Waals surface area contributed by atoms with Crippen molar-refractivity contribution in [3.8, 4) is 16.2 Å². The SMILES string of the molecule is COc1ccc(/C=N/Nc2ncc(-c3cc(F)c(Cl)cc3Cl)s2)cc1. The summed E-state index contributed by atoms with van der Waals surface area (Å²) in [6.07, 6.45) is 3.26. The number of nitrogens with one attached hydrogen (secondary N) is 1. The van der Waals surface area contributed by atoms with Crippen LogP contribution in [0.5, 0.6) is 5.75 Å². The van der Waals surface area contributed by atoms with Crippen molar-refractivity contribution < 1.29 is 9.13 Å². The van der Waals surface area contributed by atoms with Crippen molar-refractivity contribution in [2.24, 2.45) is 5.10 Å². The molecule has 0 spiro atoms. The molecule has 0 amide bonds. The lowest BCUT2D eigenvalue weighted by atomic mass is 10.2. The first-order valence-electron chi connectivity index (χ1n) is 7.10. The summed E-state index contributed by atoms with van der Waals surface area (Å²) in [6, 6.07) is 10.1. The Morgan fingerprint density at radius 1 is 1.20 bits per heavy atom. The van der Waals surface area contributed by atoms with Crippen molar-refractivity contribution in [3.05, 3.63) is 64.0 Å². The number of halogens is 3. The van der Waals surface area contributed by atoms with E-state index in [9.17, 15) is 4.39 Å². The maximum atomic E-state index is 13.6. The van der Waals surface area contributed by atoms with Crippen LogP contribution in [0.2, 0.25) is 10.0 Å². The van der Waals surface area contributed by atoms with Crippen LogP contribution in [0, 0.1) is 5.82 Å². The average Bonchev–Trinajstić information content (AvgIpc) is 3.07. The molecule has 0 aliphatic heterocycles. The summed E-state index contributed by atoms with van der Waals surface area (Å²) in [6.45, 7) is 0. The lowest BCUT2D eigenvalue weighted by Crippen LogP contribution is -1.89. The van der Waals surface area contributed by atoms with Gasteiger partial charge in [-0.2, -0.15) is 5.10 Å². The normalized spacial score (nSPS) is 11.0. The van der Waals surface area contributed by atoms with Crippen molar-refractivity contribution in [2.75, 3.05) is 12.5 Å². The summed E-state index contributed by atoms with van der Waals surface area (Å²) in [5.74, 6) is 0.253. The molecule has 0 atom stereocenters. The first-order chi connectivity index (χ1) is 12.1. The van der Waals surface area contributed by atoms with E-state index in [1.54, 1.807) is 19.5 Å². The van der Waals surface area contributed by atoms with Gasteiger partial charge in [0, 0.05) is 11.8 Å². The summed E-state index contributed by atoms with van der Waals surface area (Å²) in [5.41, 5.74) is 4.29. The molecule has 25 heavy (non-hydrogen) atoms. The molecular weight excluding hydrogens is 384 g/mol. The zero-order chi connectivity index (χ0) is 17.8. The summed E-state index contributed by atoms with van der Waals surface area (Å²) in [5, 5.41) is 5.04. The van der Waals surface area contributed by atoms with Crippen molar-refractivity contribution in [1.82, 2.24) is 4.98 Å². The molecule has 1 heterocycles. The molecule has 1 N–H and O–H groups in total. The van der Waals surface area contributed by atoms with Gasteiger partial charge < -0.3 is 4.74 Å². The van der Waals surface area contributed by atoms with Gasteiger partial charge in [-0.05, 0) is 42.0 Å². The third-order valence-electron chi connectivity index (χ3n) is 3.27. The molecule has 8 heteroatoms. The third-order valence-corrected chi connectivity index (χ3v) is 4.81. The van der Waals surface area contributed by atoms with Gasteiger partial charge in [-0.1, -0.05) is 34.5 Å². The fraction of sp³-hybridized carbons (Fsp3) is 0.0588. The summed E-state index contributed by atoms with van der Waals surface area (Å²) in [4.78, 5) is 4.91. The highest BCUT2D eigenvalue weighted by molar-refractivity contribution is 7.18. The number of benzene rings is 2. The maximum absolute atomic E-state index is 13.6. The number of hydrogen-bond acceptors (Lipinski definition) is 5. The van der Waals surface area contributed by atoms with E-state index in [1.807, 2.05) is 24.3 Å². The highest BCUT2D eigenvalue weighted by atomic mass is 35.5. The van der Waals surface area contributed by atoms with E-state index in [0.29, 0.717) is 20.6 Å². The van der Waals surface area contributed by atoms with Crippen LogP contribution in [0.3, 0.4) is 0 Å². The number of ether oxygens (including phenoxy) is 1. The van der Waals surface area contributed by atoms with Crippen LogP contribution >= 0.6 is 34.5 Å². The average molecular weight is 396 g/mol. The summed E-state index contributed by atoms with van der Waals surface area (Å²) in [7, 11) is 1.61. The maximum Gasteiger partial charge on any atom is 0.203 e. The molecule has 0 aliphatic rings. The molecule has 0 bridgehead atoms. The van der Waals surface area contributed by atoms with Crippen molar-refractivity contribution in [1.29, 1.82) is 0 Å². The predicted octanol–water partition coefficient (Wildman–Crippen LogP) is 5.71. The first kappa shape index (κ1) is 17.7. The number of nitrogens with zero attached hydrogens (tertiary/aromatic N) is 2.